The lowest BCUT2D eigenvalue weighted by atomic mass is 10.2. The van der Waals surface area contributed by atoms with Gasteiger partial charge in [-0.25, -0.2) is 4.98 Å². The fourth-order valence-corrected chi connectivity index (χ4v) is 3.70. The number of nitrogens with one attached hydrogen (secondary N) is 1. The lowest BCUT2D eigenvalue weighted by Gasteiger charge is -2.11. The molecule has 0 bridgehead atoms. The Kier molecular flexibility index (Phi) is 3.86. The summed E-state index contributed by atoms with van der Waals surface area (Å²) in [6.07, 6.45) is 1.03. The zero-order valence-corrected chi connectivity index (χ0v) is 14.1. The van der Waals surface area contributed by atoms with Crippen LogP contribution in [0.15, 0.2) is 64.5 Å². The van der Waals surface area contributed by atoms with Crippen LogP contribution in [0.5, 0.6) is 0 Å². The van der Waals surface area contributed by atoms with Crippen LogP contribution in [0.1, 0.15) is 13.3 Å². The third-order valence-electron chi connectivity index (χ3n) is 3.94. The number of benzene rings is 2. The Morgan fingerprint density at radius 1 is 1.08 bits per heavy atom. The number of para-hydroxylation sites is 2. The number of thioether (sulfide) groups is 1. The number of hydrogen-bond donors (Lipinski definition) is 1. The van der Waals surface area contributed by atoms with Gasteiger partial charge in [0, 0.05) is 16.7 Å². The third kappa shape index (κ3) is 2.41. The van der Waals surface area contributed by atoms with Gasteiger partial charge in [-0.15, -0.1) is 0 Å². The Hall–Kier alpha value is -2.53. The minimum Gasteiger partial charge on any atom is -0.349 e. The van der Waals surface area contributed by atoms with E-state index in [0.29, 0.717) is 5.52 Å². The molecule has 2 aromatic heterocycles. The van der Waals surface area contributed by atoms with Crippen molar-refractivity contribution in [2.75, 3.05) is 5.75 Å². The first-order chi connectivity index (χ1) is 11.8. The number of aromatic nitrogens is 3. The molecule has 2 heterocycles. The first-order valence-corrected chi connectivity index (χ1v) is 9.00. The molecule has 4 nitrogen and oxygen atoms in total. The Morgan fingerprint density at radius 2 is 1.83 bits per heavy atom. The quantitative estimate of drug-likeness (QED) is 0.445. The van der Waals surface area contributed by atoms with E-state index in [0.717, 1.165) is 39.4 Å². The van der Waals surface area contributed by atoms with Crippen molar-refractivity contribution in [3.8, 4) is 5.69 Å². The molecule has 4 aromatic rings. The van der Waals surface area contributed by atoms with Gasteiger partial charge in [-0.1, -0.05) is 55.1 Å². The van der Waals surface area contributed by atoms with Crippen LogP contribution in [0.25, 0.3) is 27.6 Å². The van der Waals surface area contributed by atoms with Gasteiger partial charge in [0.1, 0.15) is 11.0 Å². The maximum absolute atomic E-state index is 13.2. The van der Waals surface area contributed by atoms with E-state index in [1.807, 2.05) is 54.6 Å². The number of aromatic amines is 1. The van der Waals surface area contributed by atoms with Crippen molar-refractivity contribution in [2.24, 2.45) is 0 Å². The van der Waals surface area contributed by atoms with Gasteiger partial charge in [0.2, 0.25) is 0 Å². The molecule has 0 saturated heterocycles. The summed E-state index contributed by atoms with van der Waals surface area (Å²) in [5.74, 6) is 0.924. The van der Waals surface area contributed by atoms with Crippen molar-refractivity contribution >= 4 is 33.7 Å². The zero-order valence-electron chi connectivity index (χ0n) is 13.3. The molecule has 0 aliphatic rings. The van der Waals surface area contributed by atoms with Crippen LogP contribution < -0.4 is 5.56 Å². The van der Waals surface area contributed by atoms with Crippen molar-refractivity contribution in [1.29, 1.82) is 0 Å². The number of fused-ring (bicyclic) bond motifs is 3. The second kappa shape index (κ2) is 6.17. The summed E-state index contributed by atoms with van der Waals surface area (Å²) >= 11 is 1.62. The van der Waals surface area contributed by atoms with E-state index in [2.05, 4.69) is 11.9 Å². The van der Waals surface area contributed by atoms with Gasteiger partial charge in [0.05, 0.1) is 5.69 Å². The van der Waals surface area contributed by atoms with Gasteiger partial charge in [-0.05, 0) is 24.6 Å². The highest BCUT2D eigenvalue weighted by atomic mass is 32.2. The Balaban J connectivity index is 2.07. The molecule has 2 aromatic carbocycles. The molecule has 120 valence electrons. The molecular weight excluding hydrogens is 318 g/mol. The van der Waals surface area contributed by atoms with Gasteiger partial charge in [-0.2, -0.15) is 0 Å². The Bertz CT molecular complexity index is 1070. The Labute approximate surface area is 143 Å². The van der Waals surface area contributed by atoms with Gasteiger partial charge in [0.25, 0.3) is 5.56 Å². The molecule has 0 amide bonds. The molecule has 0 saturated carbocycles. The molecule has 0 fully saturated rings. The summed E-state index contributed by atoms with van der Waals surface area (Å²) in [6, 6.07) is 17.6. The SMILES string of the molecule is CCCSc1nc2c([nH]c3ccccc32)c(=O)n1-c1ccccc1. The minimum absolute atomic E-state index is 0.0546. The van der Waals surface area contributed by atoms with Crippen LogP contribution in [-0.2, 0) is 0 Å². The van der Waals surface area contributed by atoms with Gasteiger partial charge < -0.3 is 4.98 Å². The van der Waals surface area contributed by atoms with Crippen molar-refractivity contribution in [3.05, 3.63) is 65.0 Å². The first-order valence-electron chi connectivity index (χ1n) is 8.01. The largest absolute Gasteiger partial charge is 0.349 e. The maximum Gasteiger partial charge on any atom is 0.283 e. The smallest absolute Gasteiger partial charge is 0.283 e. The highest BCUT2D eigenvalue weighted by Crippen LogP contribution is 2.26. The summed E-state index contributed by atoms with van der Waals surface area (Å²) in [5.41, 5.74) is 3.03. The molecule has 0 radical (unpaired) electrons. The lowest BCUT2D eigenvalue weighted by Crippen LogP contribution is -2.21. The molecule has 0 atom stereocenters. The molecule has 5 heteroatoms. The van der Waals surface area contributed by atoms with E-state index in [-0.39, 0.29) is 5.56 Å². The summed E-state index contributed by atoms with van der Waals surface area (Å²) in [6.45, 7) is 2.13. The van der Waals surface area contributed by atoms with Crippen LogP contribution >= 0.6 is 11.8 Å². The van der Waals surface area contributed by atoms with Crippen molar-refractivity contribution in [2.45, 2.75) is 18.5 Å². The maximum atomic E-state index is 13.2. The van der Waals surface area contributed by atoms with Crippen LogP contribution in [-0.4, -0.2) is 20.3 Å². The van der Waals surface area contributed by atoms with Crippen LogP contribution in [0, 0.1) is 0 Å². The van der Waals surface area contributed by atoms with E-state index in [4.69, 9.17) is 4.98 Å². The second-order valence-electron chi connectivity index (χ2n) is 5.61. The summed E-state index contributed by atoms with van der Waals surface area (Å²) in [7, 11) is 0. The average molecular weight is 335 g/mol. The Morgan fingerprint density at radius 3 is 2.62 bits per heavy atom. The topological polar surface area (TPSA) is 50.7 Å². The van der Waals surface area contributed by atoms with E-state index < -0.39 is 0 Å². The second-order valence-corrected chi connectivity index (χ2v) is 6.68. The van der Waals surface area contributed by atoms with Crippen molar-refractivity contribution in [3.63, 3.8) is 0 Å². The van der Waals surface area contributed by atoms with E-state index in [9.17, 15) is 4.79 Å². The van der Waals surface area contributed by atoms with Gasteiger partial charge in [0.15, 0.2) is 5.16 Å². The van der Waals surface area contributed by atoms with Crippen LogP contribution in [0.3, 0.4) is 0 Å². The molecule has 4 rings (SSSR count). The summed E-state index contributed by atoms with van der Waals surface area (Å²) in [5, 5.41) is 1.73. The minimum atomic E-state index is -0.0546. The monoisotopic (exact) mass is 335 g/mol. The normalized spacial score (nSPS) is 11.4. The molecule has 0 aliphatic heterocycles. The molecular formula is C19H17N3OS. The fraction of sp³-hybridized carbons (Fsp3) is 0.158. The molecule has 24 heavy (non-hydrogen) atoms. The highest BCUT2D eigenvalue weighted by Gasteiger charge is 2.16. The molecule has 0 aliphatic carbocycles. The van der Waals surface area contributed by atoms with E-state index >= 15 is 0 Å². The van der Waals surface area contributed by atoms with Gasteiger partial charge >= 0.3 is 0 Å². The third-order valence-corrected chi connectivity index (χ3v) is 5.09. The standard InChI is InChI=1S/C19H17N3OS/c1-2-12-24-19-21-16-14-10-6-7-11-15(14)20-17(16)18(23)22(19)13-8-4-3-5-9-13/h3-11,20H,2,12H2,1H3. The predicted molar refractivity (Wildman–Crippen MR) is 100 cm³/mol. The predicted octanol–water partition coefficient (Wildman–Crippen LogP) is 4.37. The number of rotatable bonds is 4. The zero-order chi connectivity index (χ0) is 16.5. The van der Waals surface area contributed by atoms with E-state index in [1.165, 1.54) is 0 Å². The summed E-state index contributed by atoms with van der Waals surface area (Å²) < 4.78 is 1.71. The number of hydrogen-bond acceptors (Lipinski definition) is 3. The molecule has 1 N–H and O–H groups in total. The fourth-order valence-electron chi connectivity index (χ4n) is 2.84. The average Bonchev–Trinajstić information content (AvgIpc) is 3.00. The van der Waals surface area contributed by atoms with E-state index in [1.54, 1.807) is 16.3 Å². The van der Waals surface area contributed by atoms with Crippen LogP contribution in [0.4, 0.5) is 0 Å². The lowest BCUT2D eigenvalue weighted by molar-refractivity contribution is 0.818. The van der Waals surface area contributed by atoms with Crippen molar-refractivity contribution < 1.29 is 0 Å². The van der Waals surface area contributed by atoms with Gasteiger partial charge in [-0.3, -0.25) is 9.36 Å². The van der Waals surface area contributed by atoms with Crippen molar-refractivity contribution in [1.82, 2.24) is 14.5 Å². The number of nitrogens with zero attached hydrogens (tertiary/aromatic N) is 2. The molecule has 0 unspecified atom stereocenters. The first kappa shape index (κ1) is 15.0. The highest BCUT2D eigenvalue weighted by molar-refractivity contribution is 7.99. The summed E-state index contributed by atoms with van der Waals surface area (Å²) in [4.78, 5) is 21.2. The molecule has 0 spiro atoms. The van der Waals surface area contributed by atoms with Crippen LogP contribution in [0.2, 0.25) is 0 Å². The number of H-pyrrole nitrogens is 1.